The summed E-state index contributed by atoms with van der Waals surface area (Å²) in [6, 6.07) is 5.91. The molecule has 124 valence electrons. The van der Waals surface area contributed by atoms with Crippen LogP contribution in [0.5, 0.6) is 0 Å². The Balaban J connectivity index is 1.47. The highest BCUT2D eigenvalue weighted by Crippen LogP contribution is 2.22. The first kappa shape index (κ1) is 16.1. The number of nitro groups is 1. The molecule has 1 aromatic rings. The molecular formula is C17H24N3O3+. The molecule has 2 heterocycles. The molecule has 0 aliphatic carbocycles. The third-order valence-corrected chi connectivity index (χ3v) is 5.35. The lowest BCUT2D eigenvalue weighted by atomic mass is 10.1. The second kappa shape index (κ2) is 6.76. The van der Waals surface area contributed by atoms with Crippen molar-refractivity contribution in [2.24, 2.45) is 0 Å². The van der Waals surface area contributed by atoms with Crippen molar-refractivity contribution in [3.8, 4) is 0 Å². The van der Waals surface area contributed by atoms with Gasteiger partial charge in [0.05, 0.1) is 31.1 Å². The Morgan fingerprint density at radius 1 is 1.09 bits per heavy atom. The van der Waals surface area contributed by atoms with E-state index in [0.29, 0.717) is 12.0 Å². The average molecular weight is 318 g/mol. The van der Waals surface area contributed by atoms with Crippen LogP contribution in [0.2, 0.25) is 0 Å². The molecule has 6 heteroatoms. The van der Waals surface area contributed by atoms with E-state index < -0.39 is 4.92 Å². The number of Topliss-reactive ketones (excluding diaryl/α,β-unsaturated/α-hetero) is 1. The number of nitro benzene ring substituents is 1. The van der Waals surface area contributed by atoms with Crippen molar-refractivity contribution in [1.82, 2.24) is 4.90 Å². The van der Waals surface area contributed by atoms with Gasteiger partial charge in [-0.05, 0) is 12.1 Å². The molecule has 2 fully saturated rings. The van der Waals surface area contributed by atoms with E-state index in [2.05, 4.69) is 4.90 Å². The summed E-state index contributed by atoms with van der Waals surface area (Å²) < 4.78 is 1.28. The van der Waals surface area contributed by atoms with Crippen LogP contribution in [0.4, 0.5) is 5.69 Å². The zero-order valence-corrected chi connectivity index (χ0v) is 13.4. The van der Waals surface area contributed by atoms with Crippen LogP contribution in [0, 0.1) is 10.1 Å². The minimum atomic E-state index is -0.445. The van der Waals surface area contributed by atoms with Gasteiger partial charge in [0.2, 0.25) is 0 Å². The van der Waals surface area contributed by atoms with E-state index in [4.69, 9.17) is 0 Å². The molecule has 2 aliphatic heterocycles. The summed E-state index contributed by atoms with van der Waals surface area (Å²) >= 11 is 0. The first-order chi connectivity index (χ1) is 11.1. The topological polar surface area (TPSA) is 63.5 Å². The maximum absolute atomic E-state index is 12.2. The summed E-state index contributed by atoms with van der Waals surface area (Å²) in [5.41, 5.74) is 0.591. The Bertz CT molecular complexity index is 569. The van der Waals surface area contributed by atoms with Gasteiger partial charge in [-0.1, -0.05) is 0 Å². The van der Waals surface area contributed by atoms with Gasteiger partial charge in [0.25, 0.3) is 5.69 Å². The Morgan fingerprint density at radius 2 is 1.70 bits per heavy atom. The smallest absolute Gasteiger partial charge is 0.269 e. The standard InChI is InChI=1S/C17H24N3O3/c21-17(15-3-5-16(6-4-15)19(22)23)7-8-18-9-13-20(14-10-18)11-1-2-12-20/h3-6H,1-2,7-14H2/q+1. The molecule has 1 spiro atoms. The fraction of sp³-hybridized carbons (Fsp3) is 0.588. The Morgan fingerprint density at radius 3 is 2.26 bits per heavy atom. The van der Waals surface area contributed by atoms with Crippen molar-refractivity contribution in [3.63, 3.8) is 0 Å². The quantitative estimate of drug-likeness (QED) is 0.361. The summed E-state index contributed by atoms with van der Waals surface area (Å²) in [6.45, 7) is 8.03. The summed E-state index contributed by atoms with van der Waals surface area (Å²) in [6.07, 6.45) is 3.20. The summed E-state index contributed by atoms with van der Waals surface area (Å²) in [7, 11) is 0. The van der Waals surface area contributed by atoms with Gasteiger partial charge in [-0.25, -0.2) is 0 Å². The van der Waals surface area contributed by atoms with Crippen LogP contribution in [0.25, 0.3) is 0 Å². The van der Waals surface area contributed by atoms with Crippen molar-refractivity contribution < 1.29 is 14.2 Å². The van der Waals surface area contributed by atoms with Crippen molar-refractivity contribution in [3.05, 3.63) is 39.9 Å². The van der Waals surface area contributed by atoms with E-state index in [1.54, 1.807) is 12.1 Å². The third-order valence-electron chi connectivity index (χ3n) is 5.35. The normalized spacial score (nSPS) is 20.7. The number of nitrogens with zero attached hydrogens (tertiary/aromatic N) is 3. The van der Waals surface area contributed by atoms with E-state index in [0.717, 1.165) is 19.6 Å². The van der Waals surface area contributed by atoms with Gasteiger partial charge in [0.15, 0.2) is 5.78 Å². The number of rotatable bonds is 5. The summed E-state index contributed by atoms with van der Waals surface area (Å²) in [4.78, 5) is 24.8. The largest absolute Gasteiger partial charge is 0.321 e. The van der Waals surface area contributed by atoms with Crippen LogP contribution < -0.4 is 0 Å². The molecule has 23 heavy (non-hydrogen) atoms. The molecule has 2 saturated heterocycles. The van der Waals surface area contributed by atoms with Gasteiger partial charge >= 0.3 is 0 Å². The number of piperazine rings is 1. The molecule has 0 radical (unpaired) electrons. The molecule has 1 aromatic carbocycles. The Labute approximate surface area is 136 Å². The van der Waals surface area contributed by atoms with Crippen molar-refractivity contribution in [1.29, 1.82) is 0 Å². The monoisotopic (exact) mass is 318 g/mol. The molecular weight excluding hydrogens is 294 g/mol. The molecule has 0 saturated carbocycles. The van der Waals surface area contributed by atoms with E-state index >= 15 is 0 Å². The fourth-order valence-electron chi connectivity index (χ4n) is 3.78. The predicted octanol–water partition coefficient (Wildman–Crippen LogP) is 2.09. The van der Waals surface area contributed by atoms with Crippen LogP contribution >= 0.6 is 0 Å². The highest BCUT2D eigenvalue weighted by molar-refractivity contribution is 5.96. The second-order valence-electron chi connectivity index (χ2n) is 6.76. The Hall–Kier alpha value is -1.79. The predicted molar refractivity (Wildman–Crippen MR) is 87.4 cm³/mol. The zero-order chi connectivity index (χ0) is 16.3. The minimum absolute atomic E-state index is 0.0252. The van der Waals surface area contributed by atoms with Gasteiger partial charge in [0.1, 0.15) is 0 Å². The molecule has 6 nitrogen and oxygen atoms in total. The lowest BCUT2D eigenvalue weighted by Crippen LogP contribution is -2.58. The summed E-state index contributed by atoms with van der Waals surface area (Å²) in [5, 5.41) is 10.6. The van der Waals surface area contributed by atoms with Gasteiger partial charge in [-0.3, -0.25) is 19.8 Å². The van der Waals surface area contributed by atoms with Gasteiger partial charge in [-0.2, -0.15) is 0 Å². The van der Waals surface area contributed by atoms with Crippen LogP contribution in [0.15, 0.2) is 24.3 Å². The van der Waals surface area contributed by atoms with E-state index in [9.17, 15) is 14.9 Å². The lowest BCUT2D eigenvalue weighted by Gasteiger charge is -2.42. The van der Waals surface area contributed by atoms with E-state index in [-0.39, 0.29) is 11.5 Å². The molecule has 0 atom stereocenters. The molecule has 0 N–H and O–H groups in total. The number of benzene rings is 1. The van der Waals surface area contributed by atoms with Gasteiger partial charge in [0, 0.05) is 56.6 Å². The fourth-order valence-corrected chi connectivity index (χ4v) is 3.78. The van der Waals surface area contributed by atoms with E-state index in [1.807, 2.05) is 0 Å². The highest BCUT2D eigenvalue weighted by Gasteiger charge is 2.35. The lowest BCUT2D eigenvalue weighted by molar-refractivity contribution is -0.920. The SMILES string of the molecule is O=C(CCN1CC[N+]2(CCCC2)CC1)c1ccc([N+](=O)[O-])cc1. The first-order valence-electron chi connectivity index (χ1n) is 8.43. The molecule has 0 aromatic heterocycles. The molecule has 3 rings (SSSR count). The number of carbonyl (C=O) groups excluding carboxylic acids is 1. The van der Waals surface area contributed by atoms with Crippen LogP contribution in [-0.2, 0) is 0 Å². The highest BCUT2D eigenvalue weighted by atomic mass is 16.6. The molecule has 0 bridgehead atoms. The average Bonchev–Trinajstić information content (AvgIpc) is 3.02. The zero-order valence-electron chi connectivity index (χ0n) is 13.4. The van der Waals surface area contributed by atoms with E-state index in [1.165, 1.54) is 55.6 Å². The van der Waals surface area contributed by atoms with Gasteiger partial charge in [-0.15, -0.1) is 0 Å². The summed E-state index contributed by atoms with van der Waals surface area (Å²) in [5.74, 6) is 0.0653. The van der Waals surface area contributed by atoms with Crippen molar-refractivity contribution in [2.75, 3.05) is 45.8 Å². The Kier molecular flexibility index (Phi) is 4.73. The van der Waals surface area contributed by atoms with Crippen LogP contribution in [0.3, 0.4) is 0 Å². The second-order valence-corrected chi connectivity index (χ2v) is 6.76. The maximum atomic E-state index is 12.2. The minimum Gasteiger partial charge on any atom is -0.321 e. The maximum Gasteiger partial charge on any atom is 0.269 e. The van der Waals surface area contributed by atoms with Crippen LogP contribution in [-0.4, -0.2) is 65.9 Å². The van der Waals surface area contributed by atoms with Gasteiger partial charge < -0.3 is 4.48 Å². The first-order valence-corrected chi connectivity index (χ1v) is 8.43. The molecule has 2 aliphatic rings. The number of non-ortho nitro benzene ring substituents is 1. The van der Waals surface area contributed by atoms with Crippen molar-refractivity contribution in [2.45, 2.75) is 19.3 Å². The number of quaternary nitrogens is 1. The molecule has 0 amide bonds. The molecule has 0 unspecified atom stereocenters. The van der Waals surface area contributed by atoms with Crippen molar-refractivity contribution >= 4 is 11.5 Å². The number of ketones is 1. The number of carbonyl (C=O) groups is 1. The number of hydrogen-bond acceptors (Lipinski definition) is 4. The third kappa shape index (κ3) is 3.76. The van der Waals surface area contributed by atoms with Crippen LogP contribution in [0.1, 0.15) is 29.6 Å². The number of hydrogen-bond donors (Lipinski definition) is 0.